The topological polar surface area (TPSA) is 62.8 Å². The third-order valence-electron chi connectivity index (χ3n) is 3.68. The van der Waals surface area contributed by atoms with E-state index in [-0.39, 0.29) is 31.4 Å². The van der Waals surface area contributed by atoms with E-state index in [1.54, 1.807) is 7.11 Å². The van der Waals surface area contributed by atoms with Crippen LogP contribution < -0.4 is 20.1 Å². The molecule has 0 aromatic heterocycles. The van der Waals surface area contributed by atoms with Gasteiger partial charge in [-0.3, -0.25) is 0 Å². The van der Waals surface area contributed by atoms with Gasteiger partial charge in [-0.15, -0.1) is 24.8 Å². The summed E-state index contributed by atoms with van der Waals surface area (Å²) in [4.78, 5) is 0. The molecule has 0 heterocycles. The Labute approximate surface area is 192 Å². The zero-order valence-electron chi connectivity index (χ0n) is 15.5. The number of methoxy groups -OCH3 is 1. The number of ether oxygens (including phenoxy) is 2. The van der Waals surface area contributed by atoms with Crippen LogP contribution in [0.2, 0.25) is 5.02 Å². The van der Waals surface area contributed by atoms with Gasteiger partial charge in [-0.05, 0) is 51.3 Å². The molecule has 9 heteroatoms. The molecule has 2 rings (SSSR count). The summed E-state index contributed by atoms with van der Waals surface area (Å²) >= 11 is 9.48. The number of hydrogen-bond donors (Lipinski definition) is 3. The van der Waals surface area contributed by atoms with Crippen LogP contribution in [0.5, 0.6) is 11.5 Å². The standard InChI is InChI=1S/C19H24BrClN2O3.2ClH/c1-25-18-11-15(12-23-7-6-22-8-9-24)10-17(20)19(18)26-13-14-2-4-16(21)5-3-14;;/h2-5,10-11,22-24H,6-9,12-13H2,1H3;2*1H. The lowest BCUT2D eigenvalue weighted by Crippen LogP contribution is -2.28. The number of halogens is 4. The van der Waals surface area contributed by atoms with Gasteiger partial charge in [0.2, 0.25) is 0 Å². The predicted octanol–water partition coefficient (Wildman–Crippen LogP) is 4.21. The lowest BCUT2D eigenvalue weighted by atomic mass is 10.2. The molecular formula is C19H26BrCl3N2O3. The molecule has 0 fully saturated rings. The van der Waals surface area contributed by atoms with Gasteiger partial charge in [-0.2, -0.15) is 0 Å². The Morgan fingerprint density at radius 2 is 1.68 bits per heavy atom. The Bertz CT molecular complexity index is 691. The first-order valence-electron chi connectivity index (χ1n) is 8.40. The highest BCUT2D eigenvalue weighted by Gasteiger charge is 2.12. The highest BCUT2D eigenvalue weighted by molar-refractivity contribution is 9.10. The average molecular weight is 517 g/mol. The Hall–Kier alpha value is -0.730. The Kier molecular flexibility index (Phi) is 14.8. The van der Waals surface area contributed by atoms with E-state index in [2.05, 4.69) is 26.6 Å². The third kappa shape index (κ3) is 9.18. The van der Waals surface area contributed by atoms with E-state index in [1.807, 2.05) is 36.4 Å². The van der Waals surface area contributed by atoms with Crippen molar-refractivity contribution in [2.24, 2.45) is 0 Å². The minimum atomic E-state index is 0. The molecule has 0 bridgehead atoms. The molecule has 0 atom stereocenters. The monoisotopic (exact) mass is 514 g/mol. The van der Waals surface area contributed by atoms with Crippen molar-refractivity contribution in [3.8, 4) is 11.5 Å². The SMILES string of the molecule is COc1cc(CNCCNCCO)cc(Br)c1OCc1ccc(Cl)cc1.Cl.Cl. The molecule has 2 aromatic carbocycles. The molecule has 0 spiro atoms. The molecule has 0 aliphatic carbocycles. The van der Waals surface area contributed by atoms with E-state index in [0.29, 0.717) is 36.2 Å². The summed E-state index contributed by atoms with van der Waals surface area (Å²) in [5.41, 5.74) is 2.12. The predicted molar refractivity (Wildman–Crippen MR) is 123 cm³/mol. The molecule has 0 saturated heterocycles. The van der Waals surface area contributed by atoms with Gasteiger partial charge >= 0.3 is 0 Å². The van der Waals surface area contributed by atoms with Crippen LogP contribution in [0, 0.1) is 0 Å². The van der Waals surface area contributed by atoms with Crippen LogP contribution in [-0.2, 0) is 13.2 Å². The minimum Gasteiger partial charge on any atom is -0.493 e. The van der Waals surface area contributed by atoms with Gasteiger partial charge in [0.15, 0.2) is 11.5 Å². The fourth-order valence-corrected chi connectivity index (χ4v) is 3.09. The second kappa shape index (κ2) is 15.2. The maximum Gasteiger partial charge on any atom is 0.175 e. The van der Waals surface area contributed by atoms with Gasteiger partial charge in [-0.1, -0.05) is 23.7 Å². The van der Waals surface area contributed by atoms with E-state index in [9.17, 15) is 0 Å². The minimum absolute atomic E-state index is 0. The number of nitrogens with one attached hydrogen (secondary N) is 2. The van der Waals surface area contributed by atoms with Crippen LogP contribution >= 0.6 is 52.3 Å². The summed E-state index contributed by atoms with van der Waals surface area (Å²) in [6, 6.07) is 11.6. The highest BCUT2D eigenvalue weighted by atomic mass is 79.9. The molecule has 0 aliphatic heterocycles. The van der Waals surface area contributed by atoms with Crippen LogP contribution in [0.15, 0.2) is 40.9 Å². The van der Waals surface area contributed by atoms with Crippen LogP contribution in [0.25, 0.3) is 0 Å². The largest absolute Gasteiger partial charge is 0.493 e. The Balaban J connectivity index is 0.00000364. The smallest absolute Gasteiger partial charge is 0.175 e. The van der Waals surface area contributed by atoms with Crippen molar-refractivity contribution in [1.82, 2.24) is 10.6 Å². The number of aliphatic hydroxyl groups is 1. The van der Waals surface area contributed by atoms with Gasteiger partial charge in [0.05, 0.1) is 18.2 Å². The molecule has 2 aromatic rings. The first-order chi connectivity index (χ1) is 12.6. The van der Waals surface area contributed by atoms with Crippen molar-refractivity contribution < 1.29 is 14.6 Å². The van der Waals surface area contributed by atoms with Crippen molar-refractivity contribution in [2.75, 3.05) is 33.4 Å². The quantitative estimate of drug-likeness (QED) is 0.391. The zero-order chi connectivity index (χ0) is 18.8. The zero-order valence-corrected chi connectivity index (χ0v) is 19.5. The lowest BCUT2D eigenvalue weighted by Gasteiger charge is -2.15. The molecule has 0 unspecified atom stereocenters. The Morgan fingerprint density at radius 3 is 2.32 bits per heavy atom. The molecule has 28 heavy (non-hydrogen) atoms. The van der Waals surface area contributed by atoms with E-state index in [4.69, 9.17) is 26.2 Å². The van der Waals surface area contributed by atoms with Crippen molar-refractivity contribution in [2.45, 2.75) is 13.2 Å². The summed E-state index contributed by atoms with van der Waals surface area (Å²) in [5.74, 6) is 1.36. The van der Waals surface area contributed by atoms with E-state index in [1.165, 1.54) is 0 Å². The second-order valence-corrected chi connectivity index (χ2v) is 6.97. The van der Waals surface area contributed by atoms with Crippen molar-refractivity contribution in [3.05, 3.63) is 57.0 Å². The van der Waals surface area contributed by atoms with Crippen molar-refractivity contribution >= 4 is 52.3 Å². The number of rotatable bonds is 11. The first kappa shape index (κ1) is 27.3. The van der Waals surface area contributed by atoms with Crippen molar-refractivity contribution in [3.63, 3.8) is 0 Å². The lowest BCUT2D eigenvalue weighted by molar-refractivity contribution is 0.282. The first-order valence-corrected chi connectivity index (χ1v) is 9.57. The van der Waals surface area contributed by atoms with Gasteiger partial charge in [0.25, 0.3) is 0 Å². The Morgan fingerprint density at radius 1 is 1.00 bits per heavy atom. The molecule has 5 nitrogen and oxygen atoms in total. The summed E-state index contributed by atoms with van der Waals surface area (Å²) < 4.78 is 12.3. The third-order valence-corrected chi connectivity index (χ3v) is 4.52. The summed E-state index contributed by atoms with van der Waals surface area (Å²) in [7, 11) is 1.63. The van der Waals surface area contributed by atoms with E-state index < -0.39 is 0 Å². The number of hydrogen-bond acceptors (Lipinski definition) is 5. The molecule has 0 radical (unpaired) electrons. The van der Waals surface area contributed by atoms with E-state index >= 15 is 0 Å². The van der Waals surface area contributed by atoms with Gasteiger partial charge in [-0.25, -0.2) is 0 Å². The van der Waals surface area contributed by atoms with Crippen molar-refractivity contribution in [1.29, 1.82) is 0 Å². The summed E-state index contributed by atoms with van der Waals surface area (Å²) in [6.07, 6.45) is 0. The highest BCUT2D eigenvalue weighted by Crippen LogP contribution is 2.37. The maximum atomic E-state index is 8.72. The van der Waals surface area contributed by atoms with Crippen LogP contribution in [-0.4, -0.2) is 38.5 Å². The fraction of sp³-hybridized carbons (Fsp3) is 0.368. The molecule has 158 valence electrons. The summed E-state index contributed by atoms with van der Waals surface area (Å²) in [6.45, 7) is 3.53. The van der Waals surface area contributed by atoms with Gasteiger partial charge < -0.3 is 25.2 Å². The van der Waals surface area contributed by atoms with Gasteiger partial charge in [0, 0.05) is 31.2 Å². The molecule has 0 amide bonds. The van der Waals surface area contributed by atoms with Crippen LogP contribution in [0.1, 0.15) is 11.1 Å². The molecule has 0 saturated carbocycles. The molecule has 0 aliphatic rings. The van der Waals surface area contributed by atoms with Crippen LogP contribution in [0.4, 0.5) is 0 Å². The number of benzene rings is 2. The van der Waals surface area contributed by atoms with Crippen LogP contribution in [0.3, 0.4) is 0 Å². The van der Waals surface area contributed by atoms with E-state index in [0.717, 1.165) is 28.7 Å². The second-order valence-electron chi connectivity index (χ2n) is 5.67. The molecule has 3 N–H and O–H groups in total. The average Bonchev–Trinajstić information content (AvgIpc) is 2.64. The molecular weight excluding hydrogens is 490 g/mol. The normalized spacial score (nSPS) is 10.0. The van der Waals surface area contributed by atoms with Gasteiger partial charge in [0.1, 0.15) is 6.61 Å². The summed E-state index contributed by atoms with van der Waals surface area (Å²) in [5, 5.41) is 15.9. The number of aliphatic hydroxyl groups excluding tert-OH is 1. The maximum absolute atomic E-state index is 8.72. The fourth-order valence-electron chi connectivity index (χ4n) is 2.37.